The van der Waals surface area contributed by atoms with Gasteiger partial charge in [-0.15, -0.1) is 11.3 Å². The third kappa shape index (κ3) is 5.46. The van der Waals surface area contributed by atoms with E-state index in [4.69, 9.17) is 4.74 Å². The summed E-state index contributed by atoms with van der Waals surface area (Å²) in [5, 5.41) is 15.5. The van der Waals surface area contributed by atoms with E-state index in [0.717, 1.165) is 16.5 Å². The first-order valence-corrected chi connectivity index (χ1v) is 11.5. The molecule has 0 aliphatic heterocycles. The van der Waals surface area contributed by atoms with E-state index in [1.54, 1.807) is 24.3 Å². The summed E-state index contributed by atoms with van der Waals surface area (Å²) in [6.45, 7) is 4.99. The van der Waals surface area contributed by atoms with Crippen molar-refractivity contribution in [1.29, 1.82) is 0 Å². The van der Waals surface area contributed by atoms with Gasteiger partial charge in [0, 0.05) is 18.2 Å². The van der Waals surface area contributed by atoms with Gasteiger partial charge >= 0.3 is 5.97 Å². The van der Waals surface area contributed by atoms with E-state index in [1.165, 1.54) is 23.7 Å². The predicted octanol–water partition coefficient (Wildman–Crippen LogP) is 5.89. The van der Waals surface area contributed by atoms with Crippen LogP contribution in [0, 0.1) is 11.7 Å². The van der Waals surface area contributed by atoms with Crippen molar-refractivity contribution in [2.45, 2.75) is 20.3 Å². The van der Waals surface area contributed by atoms with Crippen LogP contribution in [0.1, 0.15) is 29.8 Å². The van der Waals surface area contributed by atoms with Crippen LogP contribution >= 0.6 is 11.3 Å². The number of aromatic nitrogens is 2. The Morgan fingerprint density at radius 3 is 2.82 bits per heavy atom. The molecule has 0 bridgehead atoms. The van der Waals surface area contributed by atoms with Crippen molar-refractivity contribution in [3.8, 4) is 17.0 Å². The monoisotopic (exact) mass is 465 g/mol. The van der Waals surface area contributed by atoms with Gasteiger partial charge in [-0.05, 0) is 52.9 Å². The molecule has 0 fully saturated rings. The lowest BCUT2D eigenvalue weighted by atomic mass is 10.1. The normalized spacial score (nSPS) is 11.2. The third-order valence-corrected chi connectivity index (χ3v) is 5.97. The summed E-state index contributed by atoms with van der Waals surface area (Å²) in [4.78, 5) is 20.1. The SMILES string of the molecule is CC(C)COc1cc(-c2cc(NCCc3cc(F)c4sccc4c3)ncn2)ccc1C(=O)O. The zero-order valence-electron chi connectivity index (χ0n) is 18.3. The molecule has 0 saturated carbocycles. The van der Waals surface area contributed by atoms with Crippen molar-refractivity contribution in [2.24, 2.45) is 5.92 Å². The Hall–Kier alpha value is -3.52. The average Bonchev–Trinajstić information content (AvgIpc) is 3.27. The Balaban J connectivity index is 1.47. The number of halogens is 1. The lowest BCUT2D eigenvalue weighted by Gasteiger charge is -2.13. The first-order chi connectivity index (χ1) is 15.9. The summed E-state index contributed by atoms with van der Waals surface area (Å²) in [5.41, 5.74) is 2.40. The lowest BCUT2D eigenvalue weighted by molar-refractivity contribution is 0.0691. The van der Waals surface area contributed by atoms with Crippen molar-refractivity contribution < 1.29 is 19.0 Å². The standard InChI is InChI=1S/C25H24FN3O3S/c1-15(2)13-32-22-11-17(3-4-19(22)25(30)31)21-12-23(29-14-28-21)27-7-5-16-9-18-6-8-33-24(18)20(26)10-16/h3-4,6,8-12,14-15H,5,7,13H2,1-2H3,(H,30,31)(H,27,28,29). The number of ether oxygens (including phenoxy) is 1. The van der Waals surface area contributed by atoms with Gasteiger partial charge in [0.15, 0.2) is 0 Å². The Morgan fingerprint density at radius 1 is 1.18 bits per heavy atom. The number of aromatic carboxylic acids is 1. The van der Waals surface area contributed by atoms with Gasteiger partial charge in [0.05, 0.1) is 17.0 Å². The first-order valence-electron chi connectivity index (χ1n) is 10.6. The summed E-state index contributed by atoms with van der Waals surface area (Å²) in [7, 11) is 0. The van der Waals surface area contributed by atoms with Crippen LogP contribution in [0.2, 0.25) is 0 Å². The molecule has 2 heterocycles. The Labute approximate surface area is 195 Å². The number of benzene rings is 2. The molecule has 0 atom stereocenters. The zero-order valence-corrected chi connectivity index (χ0v) is 19.2. The van der Waals surface area contributed by atoms with Crippen LogP contribution in [-0.2, 0) is 6.42 Å². The zero-order chi connectivity index (χ0) is 23.4. The number of carboxylic acid groups (broad SMARTS) is 1. The minimum absolute atomic E-state index is 0.113. The summed E-state index contributed by atoms with van der Waals surface area (Å²) >= 11 is 1.40. The van der Waals surface area contributed by atoms with Gasteiger partial charge in [-0.3, -0.25) is 0 Å². The Morgan fingerprint density at radius 2 is 2.03 bits per heavy atom. The predicted molar refractivity (Wildman–Crippen MR) is 129 cm³/mol. The maximum atomic E-state index is 14.2. The van der Waals surface area contributed by atoms with Crippen LogP contribution in [0.3, 0.4) is 0 Å². The number of hydrogen-bond acceptors (Lipinski definition) is 6. The number of rotatable bonds is 9. The van der Waals surface area contributed by atoms with Crippen LogP contribution in [0.5, 0.6) is 5.75 Å². The minimum Gasteiger partial charge on any atom is -0.492 e. The number of nitrogens with one attached hydrogen (secondary N) is 1. The van der Waals surface area contributed by atoms with Crippen LogP contribution in [0.25, 0.3) is 21.3 Å². The summed E-state index contributed by atoms with van der Waals surface area (Å²) in [6, 6.07) is 12.2. The number of hydrogen-bond donors (Lipinski definition) is 2. The second-order valence-corrected chi connectivity index (χ2v) is 9.02. The van der Waals surface area contributed by atoms with Gasteiger partial charge in [0.25, 0.3) is 0 Å². The molecule has 170 valence electrons. The molecule has 6 nitrogen and oxygen atoms in total. The van der Waals surface area contributed by atoms with Crippen LogP contribution in [-0.4, -0.2) is 34.2 Å². The number of thiophene rings is 1. The van der Waals surface area contributed by atoms with Crippen LogP contribution in [0.15, 0.2) is 54.2 Å². The summed E-state index contributed by atoms with van der Waals surface area (Å²) < 4.78 is 20.6. The highest BCUT2D eigenvalue weighted by atomic mass is 32.1. The summed E-state index contributed by atoms with van der Waals surface area (Å²) in [5.74, 6) is -0.0275. The van der Waals surface area contributed by atoms with Crippen LogP contribution < -0.4 is 10.1 Å². The Bertz CT molecular complexity index is 1290. The number of carboxylic acids is 1. The molecule has 33 heavy (non-hydrogen) atoms. The molecular weight excluding hydrogens is 441 g/mol. The molecule has 8 heteroatoms. The largest absolute Gasteiger partial charge is 0.492 e. The number of nitrogens with zero attached hydrogens (tertiary/aromatic N) is 2. The molecule has 2 aromatic heterocycles. The molecule has 2 N–H and O–H groups in total. The van der Waals surface area contributed by atoms with E-state index in [-0.39, 0.29) is 17.3 Å². The smallest absolute Gasteiger partial charge is 0.339 e. The minimum atomic E-state index is -1.04. The molecule has 2 aromatic carbocycles. The highest BCUT2D eigenvalue weighted by Gasteiger charge is 2.14. The van der Waals surface area contributed by atoms with Crippen molar-refractivity contribution in [1.82, 2.24) is 9.97 Å². The molecule has 0 unspecified atom stereocenters. The first kappa shape index (κ1) is 22.7. The van der Waals surface area contributed by atoms with E-state index in [1.807, 2.05) is 31.4 Å². The van der Waals surface area contributed by atoms with Gasteiger partial charge < -0.3 is 15.2 Å². The number of carbonyl (C=O) groups is 1. The lowest BCUT2D eigenvalue weighted by Crippen LogP contribution is -2.09. The van der Waals surface area contributed by atoms with Gasteiger partial charge in [-0.2, -0.15) is 0 Å². The molecule has 0 aliphatic carbocycles. The van der Waals surface area contributed by atoms with E-state index in [9.17, 15) is 14.3 Å². The summed E-state index contributed by atoms with van der Waals surface area (Å²) in [6.07, 6.45) is 2.09. The quantitative estimate of drug-likeness (QED) is 0.321. The van der Waals surface area contributed by atoms with E-state index in [2.05, 4.69) is 15.3 Å². The van der Waals surface area contributed by atoms with Gasteiger partial charge in [0.1, 0.15) is 29.3 Å². The van der Waals surface area contributed by atoms with Crippen molar-refractivity contribution in [3.63, 3.8) is 0 Å². The molecular formula is C25H24FN3O3S. The van der Waals surface area contributed by atoms with Gasteiger partial charge in [-0.1, -0.05) is 26.0 Å². The molecule has 0 amide bonds. The fourth-order valence-corrected chi connectivity index (χ4v) is 4.21. The van der Waals surface area contributed by atoms with Crippen molar-refractivity contribution in [2.75, 3.05) is 18.5 Å². The second kappa shape index (κ2) is 9.95. The highest BCUT2D eigenvalue weighted by Crippen LogP contribution is 2.28. The molecule has 0 saturated heterocycles. The fourth-order valence-electron chi connectivity index (χ4n) is 3.42. The third-order valence-electron chi connectivity index (χ3n) is 5.03. The molecule has 0 aliphatic rings. The molecule has 4 rings (SSSR count). The van der Waals surface area contributed by atoms with Crippen molar-refractivity contribution >= 4 is 33.2 Å². The van der Waals surface area contributed by atoms with Gasteiger partial charge in [-0.25, -0.2) is 19.2 Å². The van der Waals surface area contributed by atoms with E-state index < -0.39 is 5.97 Å². The maximum Gasteiger partial charge on any atom is 0.339 e. The molecule has 4 aromatic rings. The van der Waals surface area contributed by atoms with Crippen LogP contribution in [0.4, 0.5) is 10.2 Å². The topological polar surface area (TPSA) is 84.3 Å². The van der Waals surface area contributed by atoms with E-state index >= 15 is 0 Å². The van der Waals surface area contributed by atoms with E-state index in [0.29, 0.717) is 41.5 Å². The molecule has 0 spiro atoms. The Kier molecular flexibility index (Phi) is 6.84. The fraction of sp³-hybridized carbons (Fsp3) is 0.240. The number of fused-ring (bicyclic) bond motifs is 1. The second-order valence-electron chi connectivity index (χ2n) is 8.10. The highest BCUT2D eigenvalue weighted by molar-refractivity contribution is 7.17. The molecule has 0 radical (unpaired) electrons. The number of anilines is 1. The average molecular weight is 466 g/mol. The maximum absolute atomic E-state index is 14.2. The van der Waals surface area contributed by atoms with Gasteiger partial charge in [0.2, 0.25) is 0 Å². The van der Waals surface area contributed by atoms with Crippen molar-refractivity contribution in [3.05, 3.63) is 71.1 Å².